The molecular weight excluding hydrogens is 554 g/mol. The number of thiophene rings is 1. The molecule has 1 fully saturated rings. The molecule has 2 aliphatic rings. The summed E-state index contributed by atoms with van der Waals surface area (Å²) in [5.41, 5.74) is 19.7. The standard InChI is InChI=1S/C30H29N7O4S/c1-2-21(38)36-19-9-6-10-20(19)37-28(40)26-23-22-17(11-12-18(31)25(22)42-26)30(33,27(39)24(23)32)15-13-34-29(35-14-15)41-16-7-4-3-5-8-16/h2-5,7-8,11-14,19-20,24H,1,6,9-10,31-33H2,(H,36,38)(H,37,40)/t19-,20+,24?,30?/m0/s1. The Labute approximate surface area is 245 Å². The third-order valence-corrected chi connectivity index (χ3v) is 9.15. The molecule has 2 unspecified atom stereocenters. The van der Waals surface area contributed by atoms with E-state index in [1.54, 1.807) is 24.3 Å². The molecule has 8 N–H and O–H groups in total. The second kappa shape index (κ2) is 10.6. The molecule has 6 rings (SSSR count). The van der Waals surface area contributed by atoms with Gasteiger partial charge in [0.05, 0.1) is 15.6 Å². The number of nitrogens with zero attached hydrogens (tertiary/aromatic N) is 2. The van der Waals surface area contributed by atoms with Crippen LogP contribution >= 0.6 is 11.3 Å². The van der Waals surface area contributed by atoms with Crippen molar-refractivity contribution >= 4 is 44.7 Å². The Morgan fingerprint density at radius 1 is 1.07 bits per heavy atom. The first-order valence-corrected chi connectivity index (χ1v) is 14.3. The summed E-state index contributed by atoms with van der Waals surface area (Å²) in [6, 6.07) is 10.8. The minimum absolute atomic E-state index is 0.0910. The molecule has 0 saturated heterocycles. The molecule has 0 radical (unpaired) electrons. The number of hydrogen-bond acceptors (Lipinski definition) is 10. The quantitative estimate of drug-likeness (QED) is 0.161. The molecule has 12 heteroatoms. The average Bonchev–Trinajstić information content (AvgIpc) is 3.61. The lowest BCUT2D eigenvalue weighted by Crippen LogP contribution is -2.53. The second-order valence-electron chi connectivity index (χ2n) is 10.4. The number of carbonyl (C=O) groups excluding carboxylic acids is 3. The van der Waals surface area contributed by atoms with E-state index < -0.39 is 17.4 Å². The van der Waals surface area contributed by atoms with Gasteiger partial charge in [0.15, 0.2) is 5.78 Å². The van der Waals surface area contributed by atoms with Crippen molar-refractivity contribution in [3.05, 3.63) is 89.1 Å². The van der Waals surface area contributed by atoms with Crippen molar-refractivity contribution in [1.29, 1.82) is 0 Å². The molecule has 2 heterocycles. The SMILES string of the molecule is C=CC(=O)N[C@H]1CCC[C@H]1NC(=O)c1sc2c(N)ccc3c2c1C(N)C(=O)C3(N)c1cnc(Oc2ccccc2)nc1. The number of amides is 2. The van der Waals surface area contributed by atoms with Crippen LogP contribution in [0.4, 0.5) is 5.69 Å². The van der Waals surface area contributed by atoms with Crippen LogP contribution in [0.25, 0.3) is 10.1 Å². The molecule has 0 spiro atoms. The summed E-state index contributed by atoms with van der Waals surface area (Å²) in [4.78, 5) is 48.4. The number of Topliss-reactive ketones (excluding diaryl/α,β-unsaturated/α-hetero) is 1. The zero-order valence-electron chi connectivity index (χ0n) is 22.5. The molecule has 4 atom stereocenters. The van der Waals surface area contributed by atoms with Gasteiger partial charge >= 0.3 is 6.01 Å². The average molecular weight is 584 g/mol. The van der Waals surface area contributed by atoms with Gasteiger partial charge in [-0.15, -0.1) is 11.3 Å². The first kappa shape index (κ1) is 27.5. The van der Waals surface area contributed by atoms with Crippen molar-refractivity contribution in [1.82, 2.24) is 20.6 Å². The van der Waals surface area contributed by atoms with Crippen molar-refractivity contribution in [3.63, 3.8) is 0 Å². The maximum Gasteiger partial charge on any atom is 0.321 e. The number of ketones is 1. The molecule has 2 aliphatic carbocycles. The van der Waals surface area contributed by atoms with Crippen LogP contribution in [0, 0.1) is 0 Å². The van der Waals surface area contributed by atoms with Gasteiger partial charge in [0.1, 0.15) is 11.3 Å². The molecule has 1 saturated carbocycles. The van der Waals surface area contributed by atoms with E-state index in [0.29, 0.717) is 44.6 Å². The summed E-state index contributed by atoms with van der Waals surface area (Å²) in [5.74, 6) is -0.638. The lowest BCUT2D eigenvalue weighted by molar-refractivity contribution is -0.124. The smallest absolute Gasteiger partial charge is 0.321 e. The maximum absolute atomic E-state index is 14.0. The second-order valence-corrected chi connectivity index (χ2v) is 11.4. The number of rotatable bonds is 7. The summed E-state index contributed by atoms with van der Waals surface area (Å²) in [6.07, 6.45) is 6.36. The van der Waals surface area contributed by atoms with E-state index >= 15 is 0 Å². The number of ether oxygens (including phenoxy) is 1. The molecule has 2 aromatic carbocycles. The van der Waals surface area contributed by atoms with Crippen molar-refractivity contribution in [2.75, 3.05) is 5.73 Å². The normalized spacial score (nSPS) is 23.0. The van der Waals surface area contributed by atoms with Gasteiger partial charge in [0, 0.05) is 46.7 Å². The van der Waals surface area contributed by atoms with Gasteiger partial charge in [-0.1, -0.05) is 30.8 Å². The molecule has 0 aliphatic heterocycles. The predicted molar refractivity (Wildman–Crippen MR) is 159 cm³/mol. The van der Waals surface area contributed by atoms with Crippen LogP contribution in [0.1, 0.15) is 51.7 Å². The molecular formula is C30H29N7O4S. The topological polar surface area (TPSA) is 188 Å². The zero-order chi connectivity index (χ0) is 29.6. The highest BCUT2D eigenvalue weighted by atomic mass is 32.1. The Kier molecular flexibility index (Phi) is 6.97. The van der Waals surface area contributed by atoms with Crippen LogP contribution in [0.15, 0.2) is 67.5 Å². The molecule has 42 heavy (non-hydrogen) atoms. The Balaban J connectivity index is 1.37. The van der Waals surface area contributed by atoms with E-state index in [1.165, 1.54) is 29.8 Å². The third kappa shape index (κ3) is 4.49. The fourth-order valence-corrected chi connectivity index (χ4v) is 7.00. The fourth-order valence-electron chi connectivity index (χ4n) is 5.80. The summed E-state index contributed by atoms with van der Waals surface area (Å²) in [7, 11) is 0. The first-order chi connectivity index (χ1) is 20.2. The number of nitrogens with one attached hydrogen (secondary N) is 2. The van der Waals surface area contributed by atoms with Crippen LogP contribution in [-0.4, -0.2) is 39.6 Å². The Morgan fingerprint density at radius 3 is 2.45 bits per heavy atom. The molecule has 4 aromatic rings. The van der Waals surface area contributed by atoms with Gasteiger partial charge in [0.25, 0.3) is 5.91 Å². The van der Waals surface area contributed by atoms with E-state index in [-0.39, 0.29) is 34.8 Å². The lowest BCUT2D eigenvalue weighted by Gasteiger charge is -2.36. The summed E-state index contributed by atoms with van der Waals surface area (Å²) < 4.78 is 6.30. The largest absolute Gasteiger partial charge is 0.424 e. The Hall–Kier alpha value is -4.65. The number of aromatic nitrogens is 2. The summed E-state index contributed by atoms with van der Waals surface area (Å²) >= 11 is 1.17. The Bertz CT molecular complexity index is 1720. The monoisotopic (exact) mass is 583 g/mol. The number of hydrogen-bond donors (Lipinski definition) is 5. The molecule has 2 aromatic heterocycles. The van der Waals surface area contributed by atoms with Gasteiger partial charge in [-0.3, -0.25) is 14.4 Å². The number of nitrogens with two attached hydrogens (primary N) is 3. The lowest BCUT2D eigenvalue weighted by atomic mass is 9.71. The van der Waals surface area contributed by atoms with E-state index in [0.717, 1.165) is 12.8 Å². The maximum atomic E-state index is 14.0. The number of para-hydroxylation sites is 1. The van der Waals surface area contributed by atoms with Gasteiger partial charge in [-0.2, -0.15) is 0 Å². The van der Waals surface area contributed by atoms with Crippen molar-refractivity contribution in [2.45, 2.75) is 42.9 Å². The summed E-state index contributed by atoms with van der Waals surface area (Å²) in [5, 5.41) is 6.49. The van der Waals surface area contributed by atoms with Crippen LogP contribution in [0.2, 0.25) is 0 Å². The predicted octanol–water partition coefficient (Wildman–Crippen LogP) is 2.80. The zero-order valence-corrected chi connectivity index (χ0v) is 23.3. The highest BCUT2D eigenvalue weighted by Crippen LogP contribution is 2.49. The molecule has 2 amide bonds. The van der Waals surface area contributed by atoms with E-state index in [1.807, 2.05) is 18.2 Å². The van der Waals surface area contributed by atoms with Gasteiger partial charge in [0.2, 0.25) is 5.91 Å². The summed E-state index contributed by atoms with van der Waals surface area (Å²) in [6.45, 7) is 3.50. The van der Waals surface area contributed by atoms with Gasteiger partial charge in [-0.05, 0) is 49.1 Å². The number of benzene rings is 2. The van der Waals surface area contributed by atoms with Crippen molar-refractivity contribution in [2.24, 2.45) is 11.5 Å². The minimum Gasteiger partial charge on any atom is -0.424 e. The highest BCUT2D eigenvalue weighted by Gasteiger charge is 2.49. The molecule has 214 valence electrons. The van der Waals surface area contributed by atoms with Crippen LogP contribution in [0.3, 0.4) is 0 Å². The highest BCUT2D eigenvalue weighted by molar-refractivity contribution is 7.21. The van der Waals surface area contributed by atoms with Gasteiger partial charge in [-0.25, -0.2) is 9.97 Å². The van der Waals surface area contributed by atoms with Crippen LogP contribution < -0.4 is 32.6 Å². The minimum atomic E-state index is -1.69. The van der Waals surface area contributed by atoms with Crippen molar-refractivity contribution in [3.8, 4) is 11.8 Å². The Morgan fingerprint density at radius 2 is 1.76 bits per heavy atom. The van der Waals surface area contributed by atoms with E-state index in [9.17, 15) is 14.4 Å². The molecule has 0 bridgehead atoms. The van der Waals surface area contributed by atoms with Crippen molar-refractivity contribution < 1.29 is 19.1 Å². The third-order valence-electron chi connectivity index (χ3n) is 7.90. The number of anilines is 1. The number of carbonyl (C=O) groups is 3. The first-order valence-electron chi connectivity index (χ1n) is 13.5. The van der Waals surface area contributed by atoms with E-state index in [2.05, 4.69) is 27.2 Å². The number of nitrogen functional groups attached to an aromatic ring is 1. The fraction of sp³-hybridized carbons (Fsp3) is 0.233. The van der Waals surface area contributed by atoms with Crippen LogP contribution in [-0.2, 0) is 15.1 Å². The molecule has 11 nitrogen and oxygen atoms in total. The van der Waals surface area contributed by atoms with Crippen LogP contribution in [0.5, 0.6) is 11.8 Å². The van der Waals surface area contributed by atoms with E-state index in [4.69, 9.17) is 21.9 Å². The van der Waals surface area contributed by atoms with Gasteiger partial charge < -0.3 is 32.6 Å².